The summed E-state index contributed by atoms with van der Waals surface area (Å²) in [7, 11) is 0. The lowest BCUT2D eigenvalue weighted by atomic mass is 10.1. The molecule has 0 radical (unpaired) electrons. The number of aryl methyl sites for hydroxylation is 1. The van der Waals surface area contributed by atoms with Gasteiger partial charge in [-0.05, 0) is 25.1 Å². The molecule has 0 fully saturated rings. The Hall–Kier alpha value is -2.67. The lowest BCUT2D eigenvalue weighted by molar-refractivity contribution is -0.137. The van der Waals surface area contributed by atoms with E-state index in [0.717, 1.165) is 34.4 Å². The number of nitrogens with zero attached hydrogens (tertiary/aromatic N) is 1. The minimum absolute atomic E-state index is 0.200. The summed E-state index contributed by atoms with van der Waals surface area (Å²) in [6.07, 6.45) is -3.42. The van der Waals surface area contributed by atoms with Gasteiger partial charge >= 0.3 is 6.18 Å². The fourth-order valence-corrected chi connectivity index (χ4v) is 3.40. The van der Waals surface area contributed by atoms with Crippen LogP contribution in [0.2, 0.25) is 0 Å². The van der Waals surface area contributed by atoms with Gasteiger partial charge in [-0.1, -0.05) is 35.9 Å². The van der Waals surface area contributed by atoms with E-state index < -0.39 is 11.7 Å². The second kappa shape index (κ2) is 7.29. The Morgan fingerprint density at radius 3 is 2.54 bits per heavy atom. The molecular formula is C19H15F3N2OS. The number of nitrogens with one attached hydrogen (secondary N) is 1. The van der Waals surface area contributed by atoms with Gasteiger partial charge < -0.3 is 10.1 Å². The standard InChI is InChI=1S/C19H15F3N2OS/c1-12-5-7-13(8-6-12)17-16(9-10-25)26-18(24-17)23-15-4-2-3-14(11-15)19(20,21)22/h2-8,10-11H,9H2,1H3,(H,23,24). The molecule has 3 rings (SSSR count). The molecule has 3 aromatic rings. The number of hydrogen-bond donors (Lipinski definition) is 1. The van der Waals surface area contributed by atoms with Gasteiger partial charge in [-0.15, -0.1) is 11.3 Å². The van der Waals surface area contributed by atoms with E-state index in [0.29, 0.717) is 16.5 Å². The molecule has 0 saturated carbocycles. The number of benzene rings is 2. The predicted molar refractivity (Wildman–Crippen MR) is 96.8 cm³/mol. The van der Waals surface area contributed by atoms with Crippen LogP contribution in [0.4, 0.5) is 24.0 Å². The highest BCUT2D eigenvalue weighted by Gasteiger charge is 2.30. The number of carbonyl (C=O) groups is 1. The zero-order valence-corrected chi connectivity index (χ0v) is 14.6. The molecule has 0 atom stereocenters. The Morgan fingerprint density at radius 1 is 1.15 bits per heavy atom. The van der Waals surface area contributed by atoms with Crippen molar-refractivity contribution in [3.8, 4) is 11.3 Å². The zero-order valence-electron chi connectivity index (χ0n) is 13.8. The third kappa shape index (κ3) is 4.11. The van der Waals surface area contributed by atoms with E-state index in [1.54, 1.807) is 6.07 Å². The van der Waals surface area contributed by atoms with Gasteiger partial charge in [0.1, 0.15) is 6.29 Å². The number of carbonyl (C=O) groups excluding carboxylic acids is 1. The van der Waals surface area contributed by atoms with Gasteiger partial charge in [0.15, 0.2) is 5.13 Å². The Kier molecular flexibility index (Phi) is 5.08. The number of aldehydes is 1. The molecular weight excluding hydrogens is 361 g/mol. The number of thiazole rings is 1. The third-order valence-electron chi connectivity index (χ3n) is 3.73. The summed E-state index contributed by atoms with van der Waals surface area (Å²) in [5.74, 6) is 0. The zero-order chi connectivity index (χ0) is 18.7. The highest BCUT2D eigenvalue weighted by molar-refractivity contribution is 7.16. The van der Waals surface area contributed by atoms with Crippen molar-refractivity contribution in [2.24, 2.45) is 0 Å². The van der Waals surface area contributed by atoms with E-state index in [2.05, 4.69) is 10.3 Å². The SMILES string of the molecule is Cc1ccc(-c2nc(Nc3cccc(C(F)(F)F)c3)sc2CC=O)cc1. The maximum Gasteiger partial charge on any atom is 0.416 e. The van der Waals surface area contributed by atoms with Gasteiger partial charge in [-0.25, -0.2) is 4.98 Å². The number of alkyl halides is 3. The third-order valence-corrected chi connectivity index (χ3v) is 4.73. The molecule has 0 aliphatic carbocycles. The maximum atomic E-state index is 12.8. The summed E-state index contributed by atoms with van der Waals surface area (Å²) < 4.78 is 38.5. The fraction of sp³-hybridized carbons (Fsp3) is 0.158. The van der Waals surface area contributed by atoms with Crippen molar-refractivity contribution >= 4 is 28.4 Å². The van der Waals surface area contributed by atoms with Crippen LogP contribution in [0, 0.1) is 6.92 Å². The van der Waals surface area contributed by atoms with Crippen LogP contribution in [0.1, 0.15) is 16.0 Å². The first-order valence-electron chi connectivity index (χ1n) is 7.81. The topological polar surface area (TPSA) is 42.0 Å². The van der Waals surface area contributed by atoms with Crippen LogP contribution in [0.15, 0.2) is 48.5 Å². The van der Waals surface area contributed by atoms with E-state index in [4.69, 9.17) is 0 Å². The Labute approximate surface area is 152 Å². The molecule has 7 heteroatoms. The van der Waals surface area contributed by atoms with Gasteiger partial charge in [0.05, 0.1) is 11.3 Å². The number of halogens is 3. The summed E-state index contributed by atoms with van der Waals surface area (Å²) in [4.78, 5) is 16.2. The first-order valence-corrected chi connectivity index (χ1v) is 8.63. The fourth-order valence-electron chi connectivity index (χ4n) is 2.45. The van der Waals surface area contributed by atoms with Gasteiger partial charge in [-0.2, -0.15) is 13.2 Å². The lowest BCUT2D eigenvalue weighted by Gasteiger charge is -2.08. The Bertz CT molecular complexity index is 917. The molecule has 0 bridgehead atoms. The van der Waals surface area contributed by atoms with Crippen LogP contribution in [0.3, 0.4) is 0 Å². The van der Waals surface area contributed by atoms with Crippen molar-refractivity contribution in [1.29, 1.82) is 0 Å². The normalized spacial score (nSPS) is 11.4. The van der Waals surface area contributed by atoms with Crippen LogP contribution in [-0.2, 0) is 17.4 Å². The van der Waals surface area contributed by atoms with Crippen LogP contribution in [-0.4, -0.2) is 11.3 Å². The van der Waals surface area contributed by atoms with Crippen molar-refractivity contribution in [1.82, 2.24) is 4.98 Å². The minimum atomic E-state index is -4.41. The van der Waals surface area contributed by atoms with E-state index in [-0.39, 0.29) is 6.42 Å². The van der Waals surface area contributed by atoms with Crippen LogP contribution in [0.25, 0.3) is 11.3 Å². The molecule has 0 unspecified atom stereocenters. The highest BCUT2D eigenvalue weighted by atomic mass is 32.1. The molecule has 1 N–H and O–H groups in total. The molecule has 0 spiro atoms. The summed E-state index contributed by atoms with van der Waals surface area (Å²) in [5, 5.41) is 3.35. The first kappa shape index (κ1) is 18.1. The summed E-state index contributed by atoms with van der Waals surface area (Å²) in [6.45, 7) is 1.97. The molecule has 26 heavy (non-hydrogen) atoms. The summed E-state index contributed by atoms with van der Waals surface area (Å²) in [5.41, 5.74) is 2.19. The van der Waals surface area contributed by atoms with Crippen LogP contribution >= 0.6 is 11.3 Å². The number of anilines is 2. The van der Waals surface area contributed by atoms with E-state index in [1.165, 1.54) is 17.4 Å². The largest absolute Gasteiger partial charge is 0.416 e. The monoisotopic (exact) mass is 376 g/mol. The molecule has 1 heterocycles. The van der Waals surface area contributed by atoms with Gasteiger partial charge in [0.25, 0.3) is 0 Å². The molecule has 0 amide bonds. The van der Waals surface area contributed by atoms with Gasteiger partial charge in [0, 0.05) is 22.5 Å². The average Bonchev–Trinajstić information content (AvgIpc) is 2.98. The highest BCUT2D eigenvalue weighted by Crippen LogP contribution is 2.35. The van der Waals surface area contributed by atoms with Gasteiger partial charge in [-0.3, -0.25) is 0 Å². The molecule has 1 aromatic heterocycles. The van der Waals surface area contributed by atoms with E-state index >= 15 is 0 Å². The number of rotatable bonds is 5. The average molecular weight is 376 g/mol. The summed E-state index contributed by atoms with van der Waals surface area (Å²) in [6, 6.07) is 12.6. The molecule has 134 valence electrons. The van der Waals surface area contributed by atoms with E-state index in [9.17, 15) is 18.0 Å². The Morgan fingerprint density at radius 2 is 1.88 bits per heavy atom. The second-order valence-electron chi connectivity index (χ2n) is 5.73. The van der Waals surface area contributed by atoms with Crippen LogP contribution < -0.4 is 5.32 Å². The van der Waals surface area contributed by atoms with Crippen molar-refractivity contribution in [2.45, 2.75) is 19.5 Å². The maximum absolute atomic E-state index is 12.8. The summed E-state index contributed by atoms with van der Waals surface area (Å²) >= 11 is 1.26. The van der Waals surface area contributed by atoms with Crippen molar-refractivity contribution in [3.63, 3.8) is 0 Å². The molecule has 0 saturated heterocycles. The van der Waals surface area contributed by atoms with Crippen molar-refractivity contribution < 1.29 is 18.0 Å². The first-order chi connectivity index (χ1) is 12.4. The van der Waals surface area contributed by atoms with Crippen molar-refractivity contribution in [3.05, 3.63) is 64.5 Å². The molecule has 3 nitrogen and oxygen atoms in total. The quantitative estimate of drug-likeness (QED) is 0.588. The smallest absolute Gasteiger partial charge is 0.332 e. The number of hydrogen-bond acceptors (Lipinski definition) is 4. The second-order valence-corrected chi connectivity index (χ2v) is 6.81. The Balaban J connectivity index is 1.93. The molecule has 0 aliphatic heterocycles. The van der Waals surface area contributed by atoms with Gasteiger partial charge in [0.2, 0.25) is 0 Å². The van der Waals surface area contributed by atoms with E-state index in [1.807, 2.05) is 31.2 Å². The lowest BCUT2D eigenvalue weighted by Crippen LogP contribution is -2.05. The van der Waals surface area contributed by atoms with Crippen LogP contribution in [0.5, 0.6) is 0 Å². The van der Waals surface area contributed by atoms with Crippen molar-refractivity contribution in [2.75, 3.05) is 5.32 Å². The molecule has 0 aliphatic rings. The minimum Gasteiger partial charge on any atom is -0.332 e. The molecule has 2 aromatic carbocycles. The number of aromatic nitrogens is 1. The predicted octanol–water partition coefficient (Wildman–Crippen LogP) is 5.62.